The summed E-state index contributed by atoms with van der Waals surface area (Å²) in [5.41, 5.74) is 2.86. The number of fused-ring (bicyclic) bond motifs is 1. The first-order chi connectivity index (χ1) is 8.86. The Bertz CT molecular complexity index is 350. The SMILES string of the molecule is C=CC1=C(/C=C\C)CC2C=CC=CC12.CC.CC. The number of rotatable bonds is 2. The van der Waals surface area contributed by atoms with E-state index in [1.165, 1.54) is 11.1 Å². The van der Waals surface area contributed by atoms with Crippen molar-refractivity contribution in [2.75, 3.05) is 0 Å². The molecule has 2 unspecified atom stereocenters. The van der Waals surface area contributed by atoms with Gasteiger partial charge in [-0.25, -0.2) is 0 Å². The van der Waals surface area contributed by atoms with Crippen LogP contribution in [0.1, 0.15) is 41.0 Å². The first-order valence-electron chi connectivity index (χ1n) is 7.20. The summed E-state index contributed by atoms with van der Waals surface area (Å²) in [6, 6.07) is 0. The standard InChI is InChI=1S/C14H16.2C2H6/c1-3-7-11-10-12-8-5-6-9-14(12)13(11)4-2;2*1-2/h3-9,12,14H,2,10H2,1H3;2*1-2H3/b7-3-;;. The van der Waals surface area contributed by atoms with Crippen LogP contribution >= 0.6 is 0 Å². The molecular formula is C18H28. The van der Waals surface area contributed by atoms with Gasteiger partial charge >= 0.3 is 0 Å². The zero-order chi connectivity index (χ0) is 14.0. The van der Waals surface area contributed by atoms with Crippen LogP contribution in [0.4, 0.5) is 0 Å². The second-order valence-corrected chi connectivity index (χ2v) is 3.85. The summed E-state index contributed by atoms with van der Waals surface area (Å²) in [4.78, 5) is 0. The van der Waals surface area contributed by atoms with Crippen LogP contribution in [0, 0.1) is 11.8 Å². The van der Waals surface area contributed by atoms with Gasteiger partial charge < -0.3 is 0 Å². The second kappa shape index (κ2) is 9.70. The molecule has 18 heavy (non-hydrogen) atoms. The predicted octanol–water partition coefficient (Wildman–Crippen LogP) is 5.86. The maximum Gasteiger partial charge on any atom is 0.00897 e. The van der Waals surface area contributed by atoms with Crippen LogP contribution in [-0.2, 0) is 0 Å². The molecule has 0 aromatic carbocycles. The zero-order valence-electron chi connectivity index (χ0n) is 12.6. The molecule has 0 radical (unpaired) electrons. The molecular weight excluding hydrogens is 216 g/mol. The van der Waals surface area contributed by atoms with Crippen molar-refractivity contribution in [3.8, 4) is 0 Å². The minimum atomic E-state index is 0.573. The summed E-state index contributed by atoms with van der Waals surface area (Å²) in [5, 5.41) is 0. The third kappa shape index (κ3) is 3.87. The third-order valence-electron chi connectivity index (χ3n) is 3.02. The van der Waals surface area contributed by atoms with Gasteiger partial charge in [0.05, 0.1) is 0 Å². The first-order valence-corrected chi connectivity index (χ1v) is 7.20. The molecule has 2 aliphatic rings. The molecule has 0 heteroatoms. The fourth-order valence-corrected chi connectivity index (χ4v) is 2.40. The van der Waals surface area contributed by atoms with Crippen molar-refractivity contribution >= 4 is 0 Å². The van der Waals surface area contributed by atoms with E-state index in [1.54, 1.807) is 0 Å². The number of hydrogen-bond acceptors (Lipinski definition) is 0. The van der Waals surface area contributed by atoms with Crippen LogP contribution in [0.25, 0.3) is 0 Å². The topological polar surface area (TPSA) is 0 Å². The van der Waals surface area contributed by atoms with Gasteiger partial charge in [0, 0.05) is 5.92 Å². The lowest BCUT2D eigenvalue weighted by atomic mass is 9.88. The van der Waals surface area contributed by atoms with E-state index in [2.05, 4.69) is 50.0 Å². The minimum absolute atomic E-state index is 0.573. The molecule has 0 fully saturated rings. The Hall–Kier alpha value is -1.30. The van der Waals surface area contributed by atoms with Gasteiger partial charge in [-0.1, -0.05) is 76.8 Å². The number of allylic oxidation sites excluding steroid dienone is 9. The fourth-order valence-electron chi connectivity index (χ4n) is 2.40. The largest absolute Gasteiger partial charge is 0.0988 e. The average molecular weight is 244 g/mol. The van der Waals surface area contributed by atoms with E-state index in [9.17, 15) is 0 Å². The molecule has 100 valence electrons. The van der Waals surface area contributed by atoms with Crippen LogP contribution in [0.5, 0.6) is 0 Å². The summed E-state index contributed by atoms with van der Waals surface area (Å²) in [7, 11) is 0. The molecule has 0 bridgehead atoms. The van der Waals surface area contributed by atoms with Gasteiger partial charge in [-0.2, -0.15) is 0 Å². The summed E-state index contributed by atoms with van der Waals surface area (Å²) < 4.78 is 0. The molecule has 0 aromatic rings. The van der Waals surface area contributed by atoms with Crippen molar-refractivity contribution < 1.29 is 0 Å². The Kier molecular flexibility index (Phi) is 9.00. The normalized spacial score (nSPS) is 24.1. The van der Waals surface area contributed by atoms with Gasteiger partial charge in [-0.15, -0.1) is 0 Å². The van der Waals surface area contributed by atoms with Crippen LogP contribution in [0.3, 0.4) is 0 Å². The Labute approximate surface area is 113 Å². The first kappa shape index (κ1) is 16.7. The summed E-state index contributed by atoms with van der Waals surface area (Å²) in [6.45, 7) is 14.0. The highest BCUT2D eigenvalue weighted by Crippen LogP contribution is 2.41. The van der Waals surface area contributed by atoms with Gasteiger partial charge in [0.1, 0.15) is 0 Å². The Balaban J connectivity index is 0.000000659. The van der Waals surface area contributed by atoms with Gasteiger partial charge in [-0.3, -0.25) is 0 Å². The number of hydrogen-bond donors (Lipinski definition) is 0. The highest BCUT2D eigenvalue weighted by molar-refractivity contribution is 5.44. The van der Waals surface area contributed by atoms with Crippen molar-refractivity contribution in [1.29, 1.82) is 0 Å². The van der Waals surface area contributed by atoms with Gasteiger partial charge in [0.25, 0.3) is 0 Å². The lowest BCUT2D eigenvalue weighted by Gasteiger charge is -2.16. The molecule has 0 saturated carbocycles. The fraction of sp³-hybridized carbons (Fsp3) is 0.444. The van der Waals surface area contributed by atoms with Gasteiger partial charge in [0.15, 0.2) is 0 Å². The van der Waals surface area contributed by atoms with Crippen molar-refractivity contribution in [1.82, 2.24) is 0 Å². The molecule has 0 aliphatic heterocycles. The highest BCUT2D eigenvalue weighted by atomic mass is 14.3. The smallest absolute Gasteiger partial charge is 0.00897 e. The third-order valence-corrected chi connectivity index (χ3v) is 3.02. The predicted molar refractivity (Wildman–Crippen MR) is 84.6 cm³/mol. The monoisotopic (exact) mass is 244 g/mol. The van der Waals surface area contributed by atoms with E-state index in [0.29, 0.717) is 11.8 Å². The highest BCUT2D eigenvalue weighted by Gasteiger charge is 2.29. The van der Waals surface area contributed by atoms with Gasteiger partial charge in [-0.05, 0) is 30.4 Å². The average Bonchev–Trinajstić information content (AvgIpc) is 2.81. The Morgan fingerprint density at radius 1 is 1.11 bits per heavy atom. The Morgan fingerprint density at radius 2 is 1.72 bits per heavy atom. The summed E-state index contributed by atoms with van der Waals surface area (Å²) in [6.07, 6.45) is 16.4. The maximum atomic E-state index is 3.92. The van der Waals surface area contributed by atoms with Gasteiger partial charge in [0.2, 0.25) is 0 Å². The summed E-state index contributed by atoms with van der Waals surface area (Å²) in [5.74, 6) is 1.24. The molecule has 0 amide bonds. The lowest BCUT2D eigenvalue weighted by molar-refractivity contribution is 0.582. The Morgan fingerprint density at radius 3 is 2.28 bits per heavy atom. The van der Waals surface area contributed by atoms with Crippen molar-refractivity contribution in [3.63, 3.8) is 0 Å². The van der Waals surface area contributed by atoms with Crippen molar-refractivity contribution in [2.24, 2.45) is 11.8 Å². The van der Waals surface area contributed by atoms with Crippen molar-refractivity contribution in [3.05, 3.63) is 60.3 Å². The molecule has 0 heterocycles. The quantitative estimate of drug-likeness (QED) is 0.570. The van der Waals surface area contributed by atoms with E-state index in [-0.39, 0.29) is 0 Å². The van der Waals surface area contributed by atoms with E-state index in [0.717, 1.165) is 6.42 Å². The van der Waals surface area contributed by atoms with E-state index in [4.69, 9.17) is 0 Å². The zero-order valence-corrected chi connectivity index (χ0v) is 12.6. The second-order valence-electron chi connectivity index (χ2n) is 3.85. The van der Waals surface area contributed by atoms with Crippen LogP contribution in [-0.4, -0.2) is 0 Å². The van der Waals surface area contributed by atoms with Crippen LogP contribution in [0.15, 0.2) is 60.3 Å². The molecule has 0 spiro atoms. The molecule has 0 aromatic heterocycles. The van der Waals surface area contributed by atoms with Crippen LogP contribution in [0.2, 0.25) is 0 Å². The molecule has 0 N–H and O–H groups in total. The van der Waals surface area contributed by atoms with E-state index >= 15 is 0 Å². The molecule has 0 saturated heterocycles. The van der Waals surface area contributed by atoms with Crippen LogP contribution < -0.4 is 0 Å². The molecule has 2 rings (SSSR count). The lowest BCUT2D eigenvalue weighted by Crippen LogP contribution is -2.07. The molecule has 2 aliphatic carbocycles. The minimum Gasteiger partial charge on any atom is -0.0988 e. The van der Waals surface area contributed by atoms with E-state index < -0.39 is 0 Å². The summed E-state index contributed by atoms with van der Waals surface area (Å²) >= 11 is 0. The molecule has 2 atom stereocenters. The van der Waals surface area contributed by atoms with E-state index in [1.807, 2.05) is 33.8 Å². The van der Waals surface area contributed by atoms with Crippen molar-refractivity contribution in [2.45, 2.75) is 41.0 Å². The maximum absolute atomic E-state index is 3.92. The molecule has 0 nitrogen and oxygen atoms in total.